The first kappa shape index (κ1) is 19.1. The molecule has 1 aliphatic heterocycles. The molecule has 1 aromatic heterocycles. The number of benzene rings is 1. The predicted octanol–water partition coefficient (Wildman–Crippen LogP) is 4.27. The summed E-state index contributed by atoms with van der Waals surface area (Å²) in [5, 5.41) is -0.0896. The Morgan fingerprint density at radius 2 is 1.77 bits per heavy atom. The van der Waals surface area contributed by atoms with E-state index >= 15 is 0 Å². The number of halogens is 3. The molecule has 0 radical (unpaired) electrons. The third-order valence-corrected chi connectivity index (χ3v) is 6.49. The van der Waals surface area contributed by atoms with Gasteiger partial charge >= 0.3 is 6.18 Å². The van der Waals surface area contributed by atoms with Crippen LogP contribution >= 0.6 is 0 Å². The molecule has 3 aliphatic rings. The summed E-state index contributed by atoms with van der Waals surface area (Å²) in [6, 6.07) is 3.58. The van der Waals surface area contributed by atoms with Crippen LogP contribution in [-0.2, 0) is 15.8 Å². The van der Waals surface area contributed by atoms with E-state index in [1.54, 1.807) is 13.8 Å². The summed E-state index contributed by atoms with van der Waals surface area (Å²) in [6.07, 6.45) is 0.215. The molecular formula is C22H19F3N2O3. The quantitative estimate of drug-likeness (QED) is 0.554. The molecule has 2 amide bonds. The number of hydrogen-bond acceptors (Lipinski definition) is 4. The van der Waals surface area contributed by atoms with Crippen LogP contribution in [0.3, 0.4) is 0 Å². The highest BCUT2D eigenvalue weighted by Crippen LogP contribution is 2.53. The van der Waals surface area contributed by atoms with Crippen molar-refractivity contribution in [1.29, 1.82) is 0 Å². The molecule has 2 fully saturated rings. The number of fused-ring (bicyclic) bond motifs is 6. The van der Waals surface area contributed by atoms with E-state index in [0.717, 1.165) is 17.4 Å². The van der Waals surface area contributed by atoms with Crippen molar-refractivity contribution in [2.75, 3.05) is 11.5 Å². The summed E-state index contributed by atoms with van der Waals surface area (Å²) in [5.41, 5.74) is -0.143. The Hall–Kier alpha value is -2.90. The molecule has 2 bridgehead atoms. The number of alkyl halides is 3. The average Bonchev–Trinajstić information content (AvgIpc) is 3.36. The summed E-state index contributed by atoms with van der Waals surface area (Å²) in [7, 11) is 0. The second kappa shape index (κ2) is 6.30. The fourth-order valence-electron chi connectivity index (χ4n) is 5.23. The van der Waals surface area contributed by atoms with Gasteiger partial charge in [-0.25, -0.2) is 9.88 Å². The van der Waals surface area contributed by atoms with Gasteiger partial charge in [0.25, 0.3) is 0 Å². The number of aromatic nitrogens is 1. The third kappa shape index (κ3) is 2.52. The second-order valence-electron chi connectivity index (χ2n) is 8.06. The molecule has 4 atom stereocenters. The second-order valence-corrected chi connectivity index (χ2v) is 8.06. The number of pyridine rings is 1. The number of imide groups is 1. The monoisotopic (exact) mass is 416 g/mol. The van der Waals surface area contributed by atoms with Crippen LogP contribution in [0.2, 0.25) is 0 Å². The predicted molar refractivity (Wildman–Crippen MR) is 103 cm³/mol. The topological polar surface area (TPSA) is 59.5 Å². The van der Waals surface area contributed by atoms with Crippen molar-refractivity contribution in [3.63, 3.8) is 0 Å². The maximum Gasteiger partial charge on any atom is 0.417 e. The average molecular weight is 416 g/mol. The third-order valence-electron chi connectivity index (χ3n) is 6.49. The van der Waals surface area contributed by atoms with Crippen molar-refractivity contribution in [1.82, 2.24) is 4.98 Å². The van der Waals surface area contributed by atoms with Crippen molar-refractivity contribution in [3.8, 4) is 5.88 Å². The molecule has 1 saturated heterocycles. The highest BCUT2D eigenvalue weighted by Gasteiger charge is 2.59. The minimum absolute atomic E-state index is 0.0572. The molecule has 156 valence electrons. The Morgan fingerprint density at radius 1 is 1.13 bits per heavy atom. The van der Waals surface area contributed by atoms with Crippen LogP contribution < -0.4 is 9.64 Å². The summed E-state index contributed by atoms with van der Waals surface area (Å²) < 4.78 is 46.1. The summed E-state index contributed by atoms with van der Waals surface area (Å²) in [6.45, 7) is 3.41. The van der Waals surface area contributed by atoms with Crippen LogP contribution in [0.5, 0.6) is 5.88 Å². The summed E-state index contributed by atoms with van der Waals surface area (Å²) in [5.74, 6) is -1.34. The van der Waals surface area contributed by atoms with Crippen molar-refractivity contribution >= 4 is 28.4 Å². The van der Waals surface area contributed by atoms with E-state index in [2.05, 4.69) is 4.98 Å². The highest BCUT2D eigenvalue weighted by molar-refractivity contribution is 6.23. The lowest BCUT2D eigenvalue weighted by atomic mass is 9.85. The first-order valence-corrected chi connectivity index (χ1v) is 9.93. The van der Waals surface area contributed by atoms with Crippen LogP contribution in [0.15, 0.2) is 30.4 Å². The molecule has 0 N–H and O–H groups in total. The van der Waals surface area contributed by atoms with Crippen molar-refractivity contribution in [2.24, 2.45) is 23.7 Å². The maximum absolute atomic E-state index is 13.6. The SMILES string of the molecule is CCOc1cc(C(F)(F)F)c2ccc(N3C(=O)C4C5C=CC(C5)C4C3=O)c(C)c2n1. The van der Waals surface area contributed by atoms with Gasteiger partial charge in [-0.05, 0) is 43.7 Å². The fourth-order valence-corrected chi connectivity index (χ4v) is 5.23. The lowest BCUT2D eigenvalue weighted by Crippen LogP contribution is -2.33. The van der Waals surface area contributed by atoms with E-state index in [-0.39, 0.29) is 58.9 Å². The van der Waals surface area contributed by atoms with E-state index in [4.69, 9.17) is 4.74 Å². The Balaban J connectivity index is 1.66. The largest absolute Gasteiger partial charge is 0.478 e. The molecule has 1 saturated carbocycles. The van der Waals surface area contributed by atoms with Crippen LogP contribution in [-0.4, -0.2) is 23.4 Å². The van der Waals surface area contributed by atoms with Gasteiger partial charge in [0, 0.05) is 11.5 Å². The van der Waals surface area contributed by atoms with Gasteiger partial charge in [-0.2, -0.15) is 13.2 Å². The molecule has 5 rings (SSSR count). The van der Waals surface area contributed by atoms with Crippen LogP contribution in [0.4, 0.5) is 18.9 Å². The van der Waals surface area contributed by atoms with E-state index < -0.39 is 11.7 Å². The van der Waals surface area contributed by atoms with Crippen molar-refractivity contribution in [2.45, 2.75) is 26.4 Å². The van der Waals surface area contributed by atoms with Crippen LogP contribution in [0, 0.1) is 30.6 Å². The van der Waals surface area contributed by atoms with E-state index in [1.165, 1.54) is 12.1 Å². The van der Waals surface area contributed by atoms with Gasteiger partial charge in [0.05, 0.1) is 35.2 Å². The first-order chi connectivity index (χ1) is 14.2. The zero-order chi connectivity index (χ0) is 21.4. The molecule has 2 heterocycles. The molecule has 8 heteroatoms. The fraction of sp³-hybridized carbons (Fsp3) is 0.409. The molecule has 4 unspecified atom stereocenters. The van der Waals surface area contributed by atoms with Crippen molar-refractivity contribution in [3.05, 3.63) is 41.5 Å². The maximum atomic E-state index is 13.6. The van der Waals surface area contributed by atoms with Gasteiger partial charge in [0.15, 0.2) is 0 Å². The zero-order valence-corrected chi connectivity index (χ0v) is 16.4. The van der Waals surface area contributed by atoms with Gasteiger partial charge in [0.2, 0.25) is 17.7 Å². The Kier molecular flexibility index (Phi) is 4.01. The highest BCUT2D eigenvalue weighted by atomic mass is 19.4. The number of carbonyl (C=O) groups excluding carboxylic acids is 2. The molecule has 1 aromatic carbocycles. The van der Waals surface area contributed by atoms with Gasteiger partial charge in [0.1, 0.15) is 0 Å². The number of rotatable bonds is 3. The lowest BCUT2D eigenvalue weighted by Gasteiger charge is -2.21. The molecule has 0 spiro atoms. The Labute approximate surface area is 170 Å². The number of allylic oxidation sites excluding steroid dienone is 2. The molecule has 2 aliphatic carbocycles. The van der Waals surface area contributed by atoms with Crippen molar-refractivity contribution < 1.29 is 27.5 Å². The van der Waals surface area contributed by atoms with Gasteiger partial charge in [-0.1, -0.05) is 18.2 Å². The minimum atomic E-state index is -4.60. The van der Waals surface area contributed by atoms with E-state index in [1.807, 2.05) is 12.2 Å². The lowest BCUT2D eigenvalue weighted by molar-refractivity contribution is -0.136. The molecular weight excluding hydrogens is 397 g/mol. The van der Waals surface area contributed by atoms with E-state index in [9.17, 15) is 22.8 Å². The van der Waals surface area contributed by atoms with Gasteiger partial charge in [-0.3, -0.25) is 9.59 Å². The van der Waals surface area contributed by atoms with Gasteiger partial charge < -0.3 is 4.74 Å². The van der Waals surface area contributed by atoms with Crippen LogP contribution in [0.25, 0.3) is 10.9 Å². The number of ether oxygens (including phenoxy) is 1. The first-order valence-electron chi connectivity index (χ1n) is 9.93. The Morgan fingerprint density at radius 3 is 2.33 bits per heavy atom. The van der Waals surface area contributed by atoms with E-state index in [0.29, 0.717) is 11.3 Å². The molecule has 5 nitrogen and oxygen atoms in total. The Bertz CT molecular complexity index is 1090. The molecule has 30 heavy (non-hydrogen) atoms. The summed E-state index contributed by atoms with van der Waals surface area (Å²) >= 11 is 0. The normalized spacial score (nSPS) is 27.4. The number of aryl methyl sites for hydroxylation is 1. The minimum Gasteiger partial charge on any atom is -0.478 e. The number of amides is 2. The molecule has 2 aromatic rings. The standard InChI is InChI=1S/C22H19F3N2O3/c1-3-30-16-9-14(22(23,24)25)13-6-7-15(10(2)19(13)26-16)27-20(28)17-11-4-5-12(8-11)18(17)21(27)29/h4-7,9,11-12,17-18H,3,8H2,1-2H3. The van der Waals surface area contributed by atoms with Gasteiger partial charge in [-0.15, -0.1) is 0 Å². The zero-order valence-electron chi connectivity index (χ0n) is 16.4. The number of nitrogens with zero attached hydrogens (tertiary/aromatic N) is 2. The summed E-state index contributed by atoms with van der Waals surface area (Å²) in [4.78, 5) is 31.6. The van der Waals surface area contributed by atoms with Crippen LogP contribution in [0.1, 0.15) is 24.5 Å². The smallest absolute Gasteiger partial charge is 0.417 e. The number of hydrogen-bond donors (Lipinski definition) is 0. The number of anilines is 1. The number of carbonyl (C=O) groups is 2.